The molecule has 6 nitrogen and oxygen atoms in total. The Hall–Kier alpha value is -3.22. The molecule has 3 aromatic carbocycles. The van der Waals surface area contributed by atoms with Crippen LogP contribution in [0.2, 0.25) is 0 Å². The van der Waals surface area contributed by atoms with Crippen LogP contribution in [0.3, 0.4) is 0 Å². The van der Waals surface area contributed by atoms with Gasteiger partial charge in [0.05, 0.1) is 6.54 Å². The average Bonchev–Trinajstić information content (AvgIpc) is 3.25. The normalized spacial score (nSPS) is 16.0. The van der Waals surface area contributed by atoms with E-state index in [-0.39, 0.29) is 25.0 Å². The fourth-order valence-electron chi connectivity index (χ4n) is 4.01. The molecule has 1 aliphatic rings. The summed E-state index contributed by atoms with van der Waals surface area (Å²) in [5.74, 6) is -0.266. The first-order valence-electron chi connectivity index (χ1n) is 10.6. The highest BCUT2D eigenvalue weighted by Gasteiger charge is 2.28. The summed E-state index contributed by atoms with van der Waals surface area (Å²) in [6, 6.07) is 19.0. The van der Waals surface area contributed by atoms with E-state index in [0.717, 1.165) is 21.9 Å². The summed E-state index contributed by atoms with van der Waals surface area (Å²) in [6.07, 6.45) is -0.666. The molecule has 6 heteroatoms. The molecule has 0 aromatic heterocycles. The Labute approximate surface area is 181 Å². The van der Waals surface area contributed by atoms with Gasteiger partial charge in [0, 0.05) is 24.2 Å². The predicted molar refractivity (Wildman–Crippen MR) is 120 cm³/mol. The topological polar surface area (TPSA) is 70.1 Å². The van der Waals surface area contributed by atoms with Crippen molar-refractivity contribution in [3.05, 3.63) is 71.8 Å². The molecule has 4 rings (SSSR count). The van der Waals surface area contributed by atoms with E-state index < -0.39 is 6.10 Å². The van der Waals surface area contributed by atoms with Gasteiger partial charge >= 0.3 is 0 Å². The molecule has 1 aliphatic heterocycles. The third kappa shape index (κ3) is 4.04. The number of benzene rings is 3. The maximum absolute atomic E-state index is 13.0. The highest BCUT2D eigenvalue weighted by atomic mass is 16.7. The third-order valence-electron chi connectivity index (χ3n) is 5.65. The minimum absolute atomic E-state index is 0.00712. The Kier molecular flexibility index (Phi) is 6.02. The zero-order valence-electron chi connectivity index (χ0n) is 17.7. The number of nitrogens with zero attached hydrogens (tertiary/aromatic N) is 2. The largest absolute Gasteiger partial charge is 0.389 e. The van der Waals surface area contributed by atoms with Crippen LogP contribution in [-0.4, -0.2) is 59.2 Å². The van der Waals surface area contributed by atoms with Crippen LogP contribution >= 0.6 is 0 Å². The monoisotopic (exact) mass is 418 g/mol. The number of fused-ring (bicyclic) bond motifs is 1. The third-order valence-corrected chi connectivity index (χ3v) is 5.65. The summed E-state index contributed by atoms with van der Waals surface area (Å²) in [4.78, 5) is 32.9. The molecule has 31 heavy (non-hydrogen) atoms. The number of β-amino-alcohol motifs (C(OH)–C–C–N with tert-alkyl or cyclic N) is 1. The highest BCUT2D eigenvalue weighted by molar-refractivity contribution is 6.10. The lowest BCUT2D eigenvalue weighted by atomic mass is 9.94. The van der Waals surface area contributed by atoms with Crippen molar-refractivity contribution in [1.82, 2.24) is 9.96 Å². The number of carbonyl (C=O) groups excluding carboxylic acids is 2. The summed E-state index contributed by atoms with van der Waals surface area (Å²) in [5, 5.41) is 12.6. The molecule has 1 saturated heterocycles. The van der Waals surface area contributed by atoms with E-state index in [2.05, 4.69) is 0 Å². The molecule has 0 saturated carbocycles. The predicted octanol–water partition coefficient (Wildman–Crippen LogP) is 3.74. The van der Waals surface area contributed by atoms with Crippen molar-refractivity contribution >= 4 is 22.6 Å². The van der Waals surface area contributed by atoms with Gasteiger partial charge in [0.2, 0.25) is 0 Å². The van der Waals surface area contributed by atoms with Crippen molar-refractivity contribution in [1.29, 1.82) is 0 Å². The quantitative estimate of drug-likeness (QED) is 0.685. The van der Waals surface area contributed by atoms with E-state index in [1.807, 2.05) is 68.4 Å². The van der Waals surface area contributed by atoms with E-state index in [9.17, 15) is 14.7 Å². The van der Waals surface area contributed by atoms with Gasteiger partial charge in [-0.2, -0.15) is 0 Å². The maximum Gasteiger partial charge on any atom is 0.278 e. The van der Waals surface area contributed by atoms with Crippen LogP contribution < -0.4 is 0 Å². The van der Waals surface area contributed by atoms with E-state index in [1.165, 1.54) is 5.06 Å². The fraction of sp³-hybridized carbons (Fsp3) is 0.280. The van der Waals surface area contributed by atoms with Gasteiger partial charge in [0.25, 0.3) is 11.8 Å². The van der Waals surface area contributed by atoms with Gasteiger partial charge < -0.3 is 10.0 Å². The summed E-state index contributed by atoms with van der Waals surface area (Å²) >= 11 is 0. The first-order chi connectivity index (χ1) is 15.0. The molecule has 0 radical (unpaired) electrons. The first-order valence-corrected chi connectivity index (χ1v) is 10.6. The van der Waals surface area contributed by atoms with Crippen molar-refractivity contribution in [3.8, 4) is 11.1 Å². The second-order valence-electron chi connectivity index (χ2n) is 7.58. The van der Waals surface area contributed by atoms with E-state index >= 15 is 0 Å². The van der Waals surface area contributed by atoms with E-state index in [1.54, 1.807) is 11.0 Å². The molecule has 3 aromatic rings. The average molecular weight is 418 g/mol. The van der Waals surface area contributed by atoms with Crippen LogP contribution in [0, 0.1) is 0 Å². The van der Waals surface area contributed by atoms with Gasteiger partial charge in [0.1, 0.15) is 12.7 Å². The number of carbonyl (C=O) groups is 2. The molecule has 0 bridgehead atoms. The summed E-state index contributed by atoms with van der Waals surface area (Å²) in [6.45, 7) is 5.54. The molecule has 2 amide bonds. The van der Waals surface area contributed by atoms with Gasteiger partial charge in [-0.1, -0.05) is 42.5 Å². The molecule has 1 heterocycles. The number of hydroxylamine groups is 2. The van der Waals surface area contributed by atoms with Gasteiger partial charge in [-0.15, -0.1) is 0 Å². The molecular weight excluding hydrogens is 392 g/mol. The minimum atomic E-state index is -0.666. The van der Waals surface area contributed by atoms with Crippen LogP contribution in [0.4, 0.5) is 0 Å². The Morgan fingerprint density at radius 2 is 1.74 bits per heavy atom. The van der Waals surface area contributed by atoms with Gasteiger partial charge in [-0.25, -0.2) is 5.06 Å². The van der Waals surface area contributed by atoms with Crippen molar-refractivity contribution in [3.63, 3.8) is 0 Å². The number of rotatable bonds is 5. The molecule has 1 N–H and O–H groups in total. The minimum Gasteiger partial charge on any atom is -0.389 e. The summed E-state index contributed by atoms with van der Waals surface area (Å²) in [5.41, 5.74) is 3.03. The second kappa shape index (κ2) is 8.88. The van der Waals surface area contributed by atoms with E-state index in [0.29, 0.717) is 24.2 Å². The second-order valence-corrected chi connectivity index (χ2v) is 7.58. The highest BCUT2D eigenvalue weighted by Crippen LogP contribution is 2.32. The maximum atomic E-state index is 13.0. The Bertz CT molecular complexity index is 1120. The van der Waals surface area contributed by atoms with Gasteiger partial charge in [0.15, 0.2) is 0 Å². The van der Waals surface area contributed by atoms with Gasteiger partial charge in [-0.05, 0) is 53.9 Å². The van der Waals surface area contributed by atoms with Crippen LogP contribution in [0.25, 0.3) is 21.9 Å². The van der Waals surface area contributed by atoms with Crippen LogP contribution in [-0.2, 0) is 4.84 Å². The summed E-state index contributed by atoms with van der Waals surface area (Å²) in [7, 11) is 0. The molecule has 1 fully saturated rings. The lowest BCUT2D eigenvalue weighted by molar-refractivity contribution is -0.0778. The molecule has 1 unspecified atom stereocenters. The number of aliphatic hydroxyl groups is 1. The Morgan fingerprint density at radius 3 is 2.45 bits per heavy atom. The molecule has 0 spiro atoms. The smallest absolute Gasteiger partial charge is 0.278 e. The van der Waals surface area contributed by atoms with Crippen LogP contribution in [0.15, 0.2) is 60.7 Å². The molecule has 0 aliphatic carbocycles. The number of hydrogen-bond acceptors (Lipinski definition) is 4. The summed E-state index contributed by atoms with van der Waals surface area (Å²) < 4.78 is 0. The molecule has 1 atom stereocenters. The van der Waals surface area contributed by atoms with Crippen molar-refractivity contribution in [2.24, 2.45) is 0 Å². The SMILES string of the molecule is CCN(CC)C(=O)c1cccc(-c2cccc3c(C(=O)N4CC(O)CO4)cccc23)c1. The van der Waals surface area contributed by atoms with Crippen molar-refractivity contribution < 1.29 is 19.5 Å². The molecular formula is C25H26N2O4. The number of hydrogen-bond donors (Lipinski definition) is 1. The lowest BCUT2D eigenvalue weighted by Gasteiger charge is -2.19. The van der Waals surface area contributed by atoms with Crippen LogP contribution in [0.1, 0.15) is 34.6 Å². The van der Waals surface area contributed by atoms with Crippen molar-refractivity contribution in [2.75, 3.05) is 26.2 Å². The number of amides is 2. The first kappa shape index (κ1) is 21.0. The zero-order valence-corrected chi connectivity index (χ0v) is 17.7. The standard InChI is InChI=1S/C25H26N2O4/c1-3-26(4-2)24(29)18-9-5-8-17(14-18)20-10-6-12-22-21(20)11-7-13-23(22)25(30)27-15-19(28)16-31-27/h5-14,19,28H,3-4,15-16H2,1-2H3. The zero-order chi connectivity index (χ0) is 22.0. The Balaban J connectivity index is 1.75. The van der Waals surface area contributed by atoms with Crippen molar-refractivity contribution in [2.45, 2.75) is 20.0 Å². The lowest BCUT2D eigenvalue weighted by Crippen LogP contribution is -2.30. The number of aliphatic hydroxyl groups excluding tert-OH is 1. The molecule has 160 valence electrons. The Morgan fingerprint density at radius 1 is 1.03 bits per heavy atom. The van der Waals surface area contributed by atoms with Gasteiger partial charge in [-0.3, -0.25) is 14.4 Å². The fourth-order valence-corrected chi connectivity index (χ4v) is 4.01. The van der Waals surface area contributed by atoms with E-state index in [4.69, 9.17) is 4.84 Å². The van der Waals surface area contributed by atoms with Crippen LogP contribution in [0.5, 0.6) is 0 Å².